The number of allylic oxidation sites excluding steroid dienone is 19. The van der Waals surface area contributed by atoms with E-state index in [0.717, 1.165) is 70.6 Å². The van der Waals surface area contributed by atoms with Crippen molar-refractivity contribution in [2.75, 3.05) is 0 Å². The van der Waals surface area contributed by atoms with Gasteiger partial charge in [0.2, 0.25) is 0 Å². The number of rotatable bonds is 19. The molecule has 4 rings (SSSR count). The fourth-order valence-corrected chi connectivity index (χ4v) is 9.46. The van der Waals surface area contributed by atoms with Gasteiger partial charge in [-0.2, -0.15) is 12.6 Å². The zero-order valence-electron chi connectivity index (χ0n) is 42.1. The molecule has 1 heteroatoms. The highest BCUT2D eigenvalue weighted by molar-refractivity contribution is 7.83. The summed E-state index contributed by atoms with van der Waals surface area (Å²) in [6, 6.07) is 18.3. The van der Waals surface area contributed by atoms with E-state index in [1.165, 1.54) is 61.3 Å². The molecule has 0 spiro atoms. The fourth-order valence-electron chi connectivity index (χ4n) is 9.15. The third kappa shape index (κ3) is 15.1. The molecular weight excluding hydrogens is 777 g/mol. The van der Waals surface area contributed by atoms with E-state index in [9.17, 15) is 0 Å². The van der Waals surface area contributed by atoms with Gasteiger partial charge in [0.05, 0.1) is 0 Å². The van der Waals surface area contributed by atoms with E-state index >= 15 is 0 Å². The Morgan fingerprint density at radius 3 is 2.21 bits per heavy atom. The Morgan fingerprint density at radius 2 is 1.57 bits per heavy atom. The topological polar surface area (TPSA) is 0 Å². The van der Waals surface area contributed by atoms with E-state index in [4.69, 9.17) is 12.6 Å². The Kier molecular flexibility index (Phi) is 28.3. The van der Waals surface area contributed by atoms with Crippen molar-refractivity contribution in [1.29, 1.82) is 0 Å². The van der Waals surface area contributed by atoms with Gasteiger partial charge in [0.15, 0.2) is 0 Å². The van der Waals surface area contributed by atoms with Crippen LogP contribution in [0.1, 0.15) is 170 Å². The summed E-state index contributed by atoms with van der Waals surface area (Å²) in [6.45, 7) is 36.9. The van der Waals surface area contributed by atoms with Crippen molar-refractivity contribution in [2.45, 2.75) is 165 Å². The van der Waals surface area contributed by atoms with Gasteiger partial charge in [-0.1, -0.05) is 217 Å². The average Bonchev–Trinajstić information content (AvgIpc) is 3.33. The molecule has 0 aromatic heterocycles. The summed E-state index contributed by atoms with van der Waals surface area (Å²) < 4.78 is 0. The minimum absolute atomic E-state index is 0.0344. The molecular formula is C62H88S. The van der Waals surface area contributed by atoms with Gasteiger partial charge < -0.3 is 0 Å². The number of hydrogen-bond acceptors (Lipinski definition) is 1. The van der Waals surface area contributed by atoms with Crippen molar-refractivity contribution in [3.05, 3.63) is 208 Å². The number of thiol groups is 1. The minimum Gasteiger partial charge on any atom is -0.151 e. The summed E-state index contributed by atoms with van der Waals surface area (Å²) in [5.41, 5.74) is 14.5. The van der Waals surface area contributed by atoms with Gasteiger partial charge in [-0.05, 0) is 149 Å². The molecule has 0 heterocycles. The maximum Gasteiger partial charge on any atom is 0.0430 e. The highest BCUT2D eigenvalue weighted by Gasteiger charge is 2.41. The van der Waals surface area contributed by atoms with Crippen molar-refractivity contribution in [2.24, 2.45) is 5.92 Å². The van der Waals surface area contributed by atoms with Crippen LogP contribution in [0.25, 0.3) is 6.08 Å². The zero-order valence-corrected chi connectivity index (χ0v) is 43.0. The standard InChI is InChI=1S/C56H72S.2C2H6.C2H4/c1-10-16-28-46(29-18-17-25-39-55(9,44(8)14-5)52-33-22-19-30-48(52)40-45(15-6)27-12-3)47-36-37-50(42-57)56(38-13-4,53-34-23-20-31-49(53)41-47)54-35-24-21-32-51(54)43(7)26-11-2;3*1-2/h12,15-17,19-23,25,27-34,36-37,41-42,44,57H,7,10-11,13-14,18,24,26,35,38-40H2,1-6,8-9H3;2*1-2H3;1-2H2/b25-17+,27-12-,28-16-,37-36-,45-15+,46-29+,47-41+,50-42-;;;. The van der Waals surface area contributed by atoms with E-state index in [1.54, 1.807) is 0 Å². The van der Waals surface area contributed by atoms with E-state index < -0.39 is 0 Å². The van der Waals surface area contributed by atoms with Crippen molar-refractivity contribution in [1.82, 2.24) is 0 Å². The molecule has 63 heavy (non-hydrogen) atoms. The molecule has 2 aromatic carbocycles. The van der Waals surface area contributed by atoms with Crippen molar-refractivity contribution >= 4 is 18.7 Å². The summed E-state index contributed by atoms with van der Waals surface area (Å²) in [4.78, 5) is 0. The van der Waals surface area contributed by atoms with Gasteiger partial charge in [-0.15, -0.1) is 13.2 Å². The van der Waals surface area contributed by atoms with Crippen LogP contribution in [0.4, 0.5) is 0 Å². The lowest BCUT2D eigenvalue weighted by molar-refractivity contribution is 0.306. The lowest BCUT2D eigenvalue weighted by atomic mass is 9.61. The van der Waals surface area contributed by atoms with Crippen LogP contribution < -0.4 is 0 Å². The van der Waals surface area contributed by atoms with E-state index in [1.807, 2.05) is 27.7 Å². The summed E-state index contributed by atoms with van der Waals surface area (Å²) in [7, 11) is 0. The Balaban J connectivity index is 0.00000317. The smallest absolute Gasteiger partial charge is 0.0430 e. The van der Waals surface area contributed by atoms with Crippen LogP contribution in [0.5, 0.6) is 0 Å². The molecule has 0 saturated heterocycles. The second kappa shape index (κ2) is 31.5. The zero-order chi connectivity index (χ0) is 47.3. The molecule has 2 aromatic rings. The first-order chi connectivity index (χ1) is 30.7. The molecule has 0 N–H and O–H groups in total. The third-order valence-electron chi connectivity index (χ3n) is 12.6. The van der Waals surface area contributed by atoms with Gasteiger partial charge >= 0.3 is 0 Å². The quantitative estimate of drug-likeness (QED) is 0.0812. The predicted octanol–water partition coefficient (Wildman–Crippen LogP) is 19.6. The van der Waals surface area contributed by atoms with Gasteiger partial charge in [0.1, 0.15) is 0 Å². The molecule has 3 unspecified atom stereocenters. The van der Waals surface area contributed by atoms with Crippen LogP contribution in [0.3, 0.4) is 0 Å². The van der Waals surface area contributed by atoms with E-state index in [-0.39, 0.29) is 10.8 Å². The fraction of sp³-hybridized carbons (Fsp3) is 0.419. The summed E-state index contributed by atoms with van der Waals surface area (Å²) in [6.07, 6.45) is 41.6. The molecule has 2 aliphatic carbocycles. The molecule has 0 radical (unpaired) electrons. The Hall–Kier alpha value is -4.33. The van der Waals surface area contributed by atoms with Crippen LogP contribution >= 0.6 is 12.6 Å². The molecule has 3 atom stereocenters. The highest BCUT2D eigenvalue weighted by Crippen LogP contribution is 2.52. The number of fused-ring (bicyclic) bond motifs is 1. The first-order valence-electron chi connectivity index (χ1n) is 24.5. The van der Waals surface area contributed by atoms with E-state index in [2.05, 4.69) is 208 Å². The highest BCUT2D eigenvalue weighted by atomic mass is 32.1. The van der Waals surface area contributed by atoms with Crippen LogP contribution in [-0.4, -0.2) is 0 Å². The maximum absolute atomic E-state index is 4.97. The molecule has 0 saturated carbocycles. The largest absolute Gasteiger partial charge is 0.151 e. The first-order valence-corrected chi connectivity index (χ1v) is 25.0. The van der Waals surface area contributed by atoms with Crippen molar-refractivity contribution in [3.8, 4) is 0 Å². The van der Waals surface area contributed by atoms with Crippen LogP contribution in [0, 0.1) is 5.92 Å². The molecule has 0 bridgehead atoms. The summed E-state index contributed by atoms with van der Waals surface area (Å²) in [5.74, 6) is 0.540. The summed E-state index contributed by atoms with van der Waals surface area (Å²) in [5, 5.41) is 2.08. The Bertz CT molecular complexity index is 1990. The molecule has 0 amide bonds. The second-order valence-corrected chi connectivity index (χ2v) is 16.5. The van der Waals surface area contributed by atoms with Gasteiger partial charge in [-0.3, -0.25) is 0 Å². The molecule has 2 aliphatic rings. The predicted molar refractivity (Wildman–Crippen MR) is 292 cm³/mol. The number of hydrogen-bond donors (Lipinski definition) is 1. The first kappa shape index (κ1) is 56.7. The van der Waals surface area contributed by atoms with Gasteiger partial charge in [0, 0.05) is 5.41 Å². The molecule has 342 valence electrons. The normalized spacial score (nSPS) is 20.0. The lowest BCUT2D eigenvalue weighted by Gasteiger charge is -2.42. The van der Waals surface area contributed by atoms with Crippen molar-refractivity contribution < 1.29 is 0 Å². The molecule has 0 aliphatic heterocycles. The van der Waals surface area contributed by atoms with Crippen LogP contribution in [0.2, 0.25) is 0 Å². The van der Waals surface area contributed by atoms with Gasteiger partial charge in [0.25, 0.3) is 0 Å². The van der Waals surface area contributed by atoms with Crippen molar-refractivity contribution in [3.63, 3.8) is 0 Å². The van der Waals surface area contributed by atoms with E-state index in [0.29, 0.717) is 5.92 Å². The Morgan fingerprint density at radius 1 is 0.873 bits per heavy atom. The monoisotopic (exact) mass is 865 g/mol. The SMILES string of the molecule is C=C.C=C(CCC)C1=C(C2(CCC)C(=C\S)/C=C\C(C(\C=C/CC)=C\C/C=C/CC(C)(c3ccccc3CC(/C=C\C)=C/C)C(C)CC)=C/c3ccccc32)CCC=C1.CC.CC. The minimum atomic E-state index is -0.281. The van der Waals surface area contributed by atoms with Gasteiger partial charge in [-0.25, -0.2) is 0 Å². The Labute approximate surface area is 395 Å². The maximum atomic E-state index is 4.97. The number of benzene rings is 2. The van der Waals surface area contributed by atoms with Crippen LogP contribution in [0.15, 0.2) is 186 Å². The third-order valence-corrected chi connectivity index (χ3v) is 12.9. The van der Waals surface area contributed by atoms with Crippen LogP contribution in [-0.2, 0) is 17.3 Å². The summed E-state index contributed by atoms with van der Waals surface area (Å²) >= 11 is 4.97. The second-order valence-electron chi connectivity index (χ2n) is 16.3. The lowest BCUT2D eigenvalue weighted by Crippen LogP contribution is -2.34. The molecule has 0 nitrogen and oxygen atoms in total. The average molecular weight is 865 g/mol. The molecule has 0 fully saturated rings.